The summed E-state index contributed by atoms with van der Waals surface area (Å²) in [6.45, 7) is 3.40. The molecule has 0 atom stereocenters. The maximum Gasteiger partial charge on any atom is 0.268 e. The van der Waals surface area contributed by atoms with E-state index in [2.05, 4.69) is 31.3 Å². The molecule has 1 aromatic carbocycles. The van der Waals surface area contributed by atoms with E-state index in [-0.39, 0.29) is 17.3 Å². The number of amides is 1. The standard InChI is InChI=1S/C14H13N7O2/c1-14(2)13(22)17-10-5-9(3-4-11(10)23-14)16-7-8(6-15)12-18-20-21-19-12/h3-5,7,16H,1-2H3,(H,17,22)(H,18,19,20,21). The van der Waals surface area contributed by atoms with Crippen LogP contribution in [0.25, 0.3) is 5.57 Å². The third-order valence-corrected chi connectivity index (χ3v) is 3.23. The number of carbonyl (C=O) groups excluding carboxylic acids is 1. The first-order valence-corrected chi connectivity index (χ1v) is 6.75. The van der Waals surface area contributed by atoms with Gasteiger partial charge in [0.1, 0.15) is 17.4 Å². The molecule has 3 N–H and O–H groups in total. The second kappa shape index (κ2) is 5.42. The average Bonchev–Trinajstić information content (AvgIpc) is 3.03. The third kappa shape index (κ3) is 2.82. The van der Waals surface area contributed by atoms with Crippen LogP contribution in [-0.4, -0.2) is 32.1 Å². The Morgan fingerprint density at radius 3 is 3.00 bits per heavy atom. The van der Waals surface area contributed by atoms with Gasteiger partial charge in [0.15, 0.2) is 5.60 Å². The number of hydrogen-bond donors (Lipinski definition) is 3. The van der Waals surface area contributed by atoms with Gasteiger partial charge in [-0.05, 0) is 37.3 Å². The fourth-order valence-corrected chi connectivity index (χ4v) is 1.98. The fraction of sp³-hybridized carbons (Fsp3) is 0.214. The Hall–Kier alpha value is -3.41. The SMILES string of the molecule is CC1(C)Oc2ccc(NC=C(C#N)c3nn[nH]n3)cc2NC1=O. The number of anilines is 2. The molecule has 0 fully saturated rings. The second-order valence-corrected chi connectivity index (χ2v) is 5.33. The first-order chi connectivity index (χ1) is 11.0. The molecule has 0 saturated carbocycles. The van der Waals surface area contributed by atoms with E-state index in [9.17, 15) is 4.79 Å². The Labute approximate surface area is 131 Å². The molecule has 1 aliphatic rings. The number of aromatic nitrogens is 4. The number of nitrogens with zero attached hydrogens (tertiary/aromatic N) is 4. The molecule has 0 bridgehead atoms. The van der Waals surface area contributed by atoms with Crippen LogP contribution in [0, 0.1) is 11.3 Å². The molecule has 2 aromatic rings. The van der Waals surface area contributed by atoms with Gasteiger partial charge in [-0.2, -0.15) is 10.5 Å². The zero-order valence-electron chi connectivity index (χ0n) is 12.4. The van der Waals surface area contributed by atoms with E-state index in [0.29, 0.717) is 17.1 Å². The third-order valence-electron chi connectivity index (χ3n) is 3.23. The van der Waals surface area contributed by atoms with Crippen LogP contribution < -0.4 is 15.4 Å². The number of aromatic amines is 1. The summed E-state index contributed by atoms with van der Waals surface area (Å²) in [6, 6.07) is 7.20. The number of tetrazole rings is 1. The molecule has 9 heteroatoms. The molecule has 1 aromatic heterocycles. The van der Waals surface area contributed by atoms with Crippen LogP contribution in [0.2, 0.25) is 0 Å². The van der Waals surface area contributed by atoms with Gasteiger partial charge in [-0.3, -0.25) is 4.79 Å². The maximum atomic E-state index is 11.9. The van der Waals surface area contributed by atoms with Gasteiger partial charge >= 0.3 is 0 Å². The molecule has 0 spiro atoms. The lowest BCUT2D eigenvalue weighted by Gasteiger charge is -2.31. The minimum absolute atomic E-state index is 0.191. The summed E-state index contributed by atoms with van der Waals surface area (Å²) < 4.78 is 5.65. The number of nitrogens with one attached hydrogen (secondary N) is 3. The zero-order valence-corrected chi connectivity index (χ0v) is 12.4. The molecule has 3 rings (SSSR count). The van der Waals surface area contributed by atoms with Gasteiger partial charge in [0.2, 0.25) is 5.82 Å². The van der Waals surface area contributed by atoms with Crippen molar-refractivity contribution in [3.63, 3.8) is 0 Å². The summed E-state index contributed by atoms with van der Waals surface area (Å²) >= 11 is 0. The lowest BCUT2D eigenvalue weighted by atomic mass is 10.1. The van der Waals surface area contributed by atoms with Crippen molar-refractivity contribution in [2.24, 2.45) is 0 Å². The van der Waals surface area contributed by atoms with Crippen LogP contribution in [0.4, 0.5) is 11.4 Å². The molecule has 1 aliphatic heterocycles. The highest BCUT2D eigenvalue weighted by Crippen LogP contribution is 2.35. The van der Waals surface area contributed by atoms with Crippen LogP contribution in [-0.2, 0) is 4.79 Å². The van der Waals surface area contributed by atoms with E-state index >= 15 is 0 Å². The Morgan fingerprint density at radius 1 is 1.48 bits per heavy atom. The first kappa shape index (κ1) is 14.5. The van der Waals surface area contributed by atoms with Crippen molar-refractivity contribution >= 4 is 22.9 Å². The number of fused-ring (bicyclic) bond motifs is 1. The minimum atomic E-state index is -0.908. The van der Waals surface area contributed by atoms with Gasteiger partial charge < -0.3 is 15.4 Å². The van der Waals surface area contributed by atoms with Gasteiger partial charge in [-0.1, -0.05) is 0 Å². The molecule has 0 radical (unpaired) electrons. The van der Waals surface area contributed by atoms with Crippen molar-refractivity contribution in [3.8, 4) is 11.8 Å². The van der Waals surface area contributed by atoms with Crippen molar-refractivity contribution in [1.82, 2.24) is 20.6 Å². The van der Waals surface area contributed by atoms with Crippen molar-refractivity contribution in [2.75, 3.05) is 10.6 Å². The Kier molecular flexibility index (Phi) is 3.42. The molecular weight excluding hydrogens is 298 g/mol. The molecule has 116 valence electrons. The molecule has 23 heavy (non-hydrogen) atoms. The summed E-state index contributed by atoms with van der Waals surface area (Å²) in [5.41, 5.74) is 0.543. The van der Waals surface area contributed by atoms with Gasteiger partial charge in [0.25, 0.3) is 5.91 Å². The van der Waals surface area contributed by atoms with Gasteiger partial charge in [0.05, 0.1) is 5.69 Å². The fourth-order valence-electron chi connectivity index (χ4n) is 1.98. The normalized spacial score (nSPS) is 15.9. The van der Waals surface area contributed by atoms with Crippen LogP contribution >= 0.6 is 0 Å². The number of hydrogen-bond acceptors (Lipinski definition) is 7. The molecular formula is C14H13N7O2. The van der Waals surface area contributed by atoms with Gasteiger partial charge in [0, 0.05) is 11.9 Å². The lowest BCUT2D eigenvalue weighted by molar-refractivity contribution is -0.129. The Morgan fingerprint density at radius 2 is 2.30 bits per heavy atom. The van der Waals surface area contributed by atoms with E-state index < -0.39 is 5.60 Å². The zero-order chi connectivity index (χ0) is 16.4. The predicted octanol–water partition coefficient (Wildman–Crippen LogP) is 1.29. The van der Waals surface area contributed by atoms with E-state index in [1.54, 1.807) is 32.0 Å². The Bertz CT molecular complexity index is 818. The number of ether oxygens (including phenoxy) is 1. The summed E-state index contributed by atoms with van der Waals surface area (Å²) in [6.07, 6.45) is 1.46. The van der Waals surface area contributed by atoms with E-state index in [0.717, 1.165) is 0 Å². The van der Waals surface area contributed by atoms with Crippen molar-refractivity contribution in [2.45, 2.75) is 19.4 Å². The lowest BCUT2D eigenvalue weighted by Crippen LogP contribution is -2.45. The van der Waals surface area contributed by atoms with Gasteiger partial charge in [-0.15, -0.1) is 10.2 Å². The molecule has 9 nitrogen and oxygen atoms in total. The summed E-state index contributed by atoms with van der Waals surface area (Å²) in [5, 5.41) is 28.0. The molecule has 1 amide bonds. The van der Waals surface area contributed by atoms with E-state index in [4.69, 9.17) is 10.00 Å². The number of benzene rings is 1. The highest BCUT2D eigenvalue weighted by atomic mass is 16.5. The number of allylic oxidation sites excluding steroid dienone is 1. The van der Waals surface area contributed by atoms with E-state index in [1.165, 1.54) is 6.20 Å². The summed E-state index contributed by atoms with van der Waals surface area (Å²) in [4.78, 5) is 11.9. The van der Waals surface area contributed by atoms with Crippen LogP contribution in [0.3, 0.4) is 0 Å². The predicted molar refractivity (Wildman–Crippen MR) is 81.2 cm³/mol. The number of nitriles is 1. The molecule has 0 saturated heterocycles. The molecule has 0 unspecified atom stereocenters. The number of rotatable bonds is 3. The highest BCUT2D eigenvalue weighted by Gasteiger charge is 2.35. The number of carbonyl (C=O) groups is 1. The largest absolute Gasteiger partial charge is 0.476 e. The summed E-state index contributed by atoms with van der Waals surface area (Å²) in [7, 11) is 0. The van der Waals surface area contributed by atoms with E-state index in [1.807, 2.05) is 6.07 Å². The Balaban J connectivity index is 1.82. The summed E-state index contributed by atoms with van der Waals surface area (Å²) in [5.74, 6) is 0.557. The first-order valence-electron chi connectivity index (χ1n) is 6.75. The molecule has 2 heterocycles. The topological polar surface area (TPSA) is 129 Å². The van der Waals surface area contributed by atoms with Crippen LogP contribution in [0.1, 0.15) is 19.7 Å². The monoisotopic (exact) mass is 311 g/mol. The average molecular weight is 311 g/mol. The van der Waals surface area contributed by atoms with Gasteiger partial charge in [-0.25, -0.2) is 0 Å². The highest BCUT2D eigenvalue weighted by molar-refractivity contribution is 6.00. The maximum absolute atomic E-state index is 11.9. The van der Waals surface area contributed by atoms with Crippen molar-refractivity contribution in [3.05, 3.63) is 30.2 Å². The minimum Gasteiger partial charge on any atom is -0.476 e. The quantitative estimate of drug-likeness (QED) is 0.728. The van der Waals surface area contributed by atoms with Crippen LogP contribution in [0.15, 0.2) is 24.4 Å². The smallest absolute Gasteiger partial charge is 0.268 e. The number of H-pyrrole nitrogens is 1. The van der Waals surface area contributed by atoms with Crippen LogP contribution in [0.5, 0.6) is 5.75 Å². The van der Waals surface area contributed by atoms with Crippen molar-refractivity contribution in [1.29, 1.82) is 5.26 Å². The second-order valence-electron chi connectivity index (χ2n) is 5.33. The van der Waals surface area contributed by atoms with Crippen molar-refractivity contribution < 1.29 is 9.53 Å². The molecule has 0 aliphatic carbocycles.